The topological polar surface area (TPSA) is 109 Å². The Morgan fingerprint density at radius 3 is 2.68 bits per heavy atom. The number of aromatic nitrogens is 4. The number of tetrazole rings is 1. The predicted molar refractivity (Wildman–Crippen MR) is 126 cm³/mol. The van der Waals surface area contributed by atoms with E-state index in [2.05, 4.69) is 22.4 Å². The number of unbranched alkanes of at least 4 members (excludes halogenated alkanes) is 1. The van der Waals surface area contributed by atoms with Gasteiger partial charge in [0.2, 0.25) is 17.9 Å². The van der Waals surface area contributed by atoms with Crippen LogP contribution in [-0.2, 0) is 9.53 Å². The number of hydrogen-bond donors (Lipinski definition) is 0. The molecule has 0 radical (unpaired) electrons. The lowest BCUT2D eigenvalue weighted by atomic mass is 10.2. The molecule has 0 fully saturated rings. The summed E-state index contributed by atoms with van der Waals surface area (Å²) in [5.74, 6) is 0.974. The Morgan fingerprint density at radius 2 is 1.91 bits per heavy atom. The minimum Gasteiger partial charge on any atom is -0.462 e. The second-order valence-corrected chi connectivity index (χ2v) is 8.31. The summed E-state index contributed by atoms with van der Waals surface area (Å²) < 4.78 is 17.4. The fourth-order valence-corrected chi connectivity index (χ4v) is 4.12. The molecule has 1 amide bonds. The molecule has 3 aromatic rings. The van der Waals surface area contributed by atoms with E-state index < -0.39 is 0 Å². The number of thioether (sulfide) groups is 1. The van der Waals surface area contributed by atoms with Gasteiger partial charge in [-0.25, -0.2) is 4.79 Å². The maximum Gasteiger partial charge on any atom is 0.338 e. The maximum absolute atomic E-state index is 13.2. The van der Waals surface area contributed by atoms with Crippen molar-refractivity contribution in [3.8, 4) is 17.2 Å². The third kappa shape index (κ3) is 5.30. The highest BCUT2D eigenvalue weighted by atomic mass is 32.2. The third-order valence-electron chi connectivity index (χ3n) is 5.09. The Balaban J connectivity index is 1.46. The van der Waals surface area contributed by atoms with E-state index in [1.807, 2.05) is 6.07 Å². The fourth-order valence-electron chi connectivity index (χ4n) is 3.36. The molecule has 0 saturated carbocycles. The molecule has 1 aliphatic rings. The van der Waals surface area contributed by atoms with Gasteiger partial charge in [0.25, 0.3) is 0 Å². The van der Waals surface area contributed by atoms with E-state index >= 15 is 0 Å². The Morgan fingerprint density at radius 1 is 1.12 bits per heavy atom. The van der Waals surface area contributed by atoms with Crippen molar-refractivity contribution in [1.82, 2.24) is 20.2 Å². The summed E-state index contributed by atoms with van der Waals surface area (Å²) in [6.45, 7) is 4.89. The number of amides is 1. The van der Waals surface area contributed by atoms with Gasteiger partial charge in [0.15, 0.2) is 11.5 Å². The molecule has 10 nitrogen and oxygen atoms in total. The first kappa shape index (κ1) is 23.6. The number of hydrogen-bond acceptors (Lipinski definition) is 9. The highest BCUT2D eigenvalue weighted by Gasteiger charge is 2.20. The molecule has 2 aromatic carbocycles. The van der Waals surface area contributed by atoms with Gasteiger partial charge in [0.05, 0.1) is 23.6 Å². The zero-order chi connectivity index (χ0) is 23.9. The van der Waals surface area contributed by atoms with Gasteiger partial charge >= 0.3 is 5.97 Å². The van der Waals surface area contributed by atoms with Gasteiger partial charge in [-0.1, -0.05) is 25.1 Å². The Labute approximate surface area is 201 Å². The van der Waals surface area contributed by atoms with Crippen LogP contribution in [0.25, 0.3) is 5.69 Å². The number of benzene rings is 2. The average molecular weight is 484 g/mol. The first-order chi connectivity index (χ1) is 16.6. The summed E-state index contributed by atoms with van der Waals surface area (Å²) >= 11 is 1.25. The first-order valence-corrected chi connectivity index (χ1v) is 12.0. The van der Waals surface area contributed by atoms with Crippen molar-refractivity contribution in [2.75, 3.05) is 30.6 Å². The van der Waals surface area contributed by atoms with Crippen LogP contribution in [0.4, 0.5) is 5.69 Å². The van der Waals surface area contributed by atoms with Gasteiger partial charge in [-0.2, -0.15) is 4.68 Å². The molecule has 0 N–H and O–H groups in total. The van der Waals surface area contributed by atoms with Crippen molar-refractivity contribution in [2.45, 2.75) is 31.8 Å². The lowest BCUT2D eigenvalue weighted by Crippen LogP contribution is -2.33. The molecule has 34 heavy (non-hydrogen) atoms. The second kappa shape index (κ2) is 11.0. The van der Waals surface area contributed by atoms with E-state index in [-0.39, 0.29) is 24.4 Å². The van der Waals surface area contributed by atoms with E-state index in [4.69, 9.17) is 14.2 Å². The number of carbonyl (C=O) groups is 2. The summed E-state index contributed by atoms with van der Waals surface area (Å²) in [4.78, 5) is 26.8. The van der Waals surface area contributed by atoms with Gasteiger partial charge in [0.1, 0.15) is 0 Å². The van der Waals surface area contributed by atoms with Gasteiger partial charge in [0, 0.05) is 18.3 Å². The molecule has 1 aliphatic heterocycles. The van der Waals surface area contributed by atoms with E-state index in [1.54, 1.807) is 52.9 Å². The van der Waals surface area contributed by atoms with Crippen molar-refractivity contribution in [3.63, 3.8) is 0 Å². The zero-order valence-corrected chi connectivity index (χ0v) is 19.8. The molecule has 0 saturated heterocycles. The molecule has 0 aliphatic carbocycles. The molecule has 178 valence electrons. The molecule has 0 spiro atoms. The van der Waals surface area contributed by atoms with Gasteiger partial charge < -0.3 is 19.1 Å². The zero-order valence-electron chi connectivity index (χ0n) is 19.0. The van der Waals surface area contributed by atoms with Crippen LogP contribution in [0, 0.1) is 0 Å². The van der Waals surface area contributed by atoms with E-state index in [9.17, 15) is 9.59 Å². The largest absolute Gasteiger partial charge is 0.462 e. The van der Waals surface area contributed by atoms with Gasteiger partial charge in [-0.05, 0) is 60.2 Å². The molecule has 11 heteroatoms. The Kier molecular flexibility index (Phi) is 7.63. The normalized spacial score (nSPS) is 11.9. The van der Waals surface area contributed by atoms with Crippen LogP contribution < -0.4 is 14.4 Å². The van der Waals surface area contributed by atoms with E-state index in [1.165, 1.54) is 11.8 Å². The van der Waals surface area contributed by atoms with Gasteiger partial charge in [-0.3, -0.25) is 4.79 Å². The SMILES string of the molecule is CCCCN(C(=O)CSc1nnnn1-c1ccc2c(c1)OCO2)c1ccc(C(=O)OCC)cc1. The summed E-state index contributed by atoms with van der Waals surface area (Å²) in [6, 6.07) is 12.3. The molecule has 0 unspecified atom stereocenters. The van der Waals surface area contributed by atoms with Crippen LogP contribution in [0.15, 0.2) is 47.6 Å². The first-order valence-electron chi connectivity index (χ1n) is 11.0. The molecule has 0 bridgehead atoms. The quantitative estimate of drug-likeness (QED) is 0.316. The van der Waals surface area contributed by atoms with E-state index in [0.29, 0.717) is 41.1 Å². The minimum atomic E-state index is -0.383. The van der Waals surface area contributed by atoms with Crippen molar-refractivity contribution >= 4 is 29.3 Å². The summed E-state index contributed by atoms with van der Waals surface area (Å²) in [5.41, 5.74) is 1.88. The molecule has 2 heterocycles. The summed E-state index contributed by atoms with van der Waals surface area (Å²) in [6.07, 6.45) is 1.80. The number of ether oxygens (including phenoxy) is 3. The smallest absolute Gasteiger partial charge is 0.338 e. The number of rotatable bonds is 10. The Bertz CT molecular complexity index is 1150. The van der Waals surface area contributed by atoms with Crippen molar-refractivity contribution < 1.29 is 23.8 Å². The van der Waals surface area contributed by atoms with Crippen LogP contribution in [0.1, 0.15) is 37.0 Å². The number of nitrogens with zero attached hydrogens (tertiary/aromatic N) is 5. The van der Waals surface area contributed by atoms with Crippen molar-refractivity contribution in [2.24, 2.45) is 0 Å². The van der Waals surface area contributed by atoms with Crippen LogP contribution in [0.3, 0.4) is 0 Å². The molecule has 0 atom stereocenters. The monoisotopic (exact) mass is 483 g/mol. The lowest BCUT2D eigenvalue weighted by molar-refractivity contribution is -0.116. The fraction of sp³-hybridized carbons (Fsp3) is 0.348. The molecule has 4 rings (SSSR count). The number of esters is 1. The highest BCUT2D eigenvalue weighted by Crippen LogP contribution is 2.34. The van der Waals surface area contributed by atoms with Crippen LogP contribution in [0.2, 0.25) is 0 Å². The maximum atomic E-state index is 13.2. The van der Waals surface area contributed by atoms with Crippen LogP contribution in [0.5, 0.6) is 11.5 Å². The number of fused-ring (bicyclic) bond motifs is 1. The standard InChI is InChI=1S/C23H25N5O5S/c1-3-5-12-27(17-8-6-16(7-9-17)22(30)31-4-2)21(29)14-34-23-24-25-26-28(23)18-10-11-19-20(13-18)33-15-32-19/h6-11,13H,3-5,12,14-15H2,1-2H3. The molecular weight excluding hydrogens is 458 g/mol. The van der Waals surface area contributed by atoms with E-state index in [0.717, 1.165) is 18.5 Å². The number of anilines is 1. The second-order valence-electron chi connectivity index (χ2n) is 7.37. The number of carbonyl (C=O) groups excluding carboxylic acids is 2. The minimum absolute atomic E-state index is 0.0810. The lowest BCUT2D eigenvalue weighted by Gasteiger charge is -2.22. The van der Waals surface area contributed by atoms with Crippen LogP contribution in [-0.4, -0.2) is 57.8 Å². The third-order valence-corrected chi connectivity index (χ3v) is 6.00. The Hall–Kier alpha value is -3.60. The van der Waals surface area contributed by atoms with Crippen molar-refractivity contribution in [3.05, 3.63) is 48.0 Å². The van der Waals surface area contributed by atoms with Crippen molar-refractivity contribution in [1.29, 1.82) is 0 Å². The van der Waals surface area contributed by atoms with Crippen LogP contribution >= 0.6 is 11.8 Å². The average Bonchev–Trinajstić information content (AvgIpc) is 3.52. The molecular formula is C23H25N5O5S. The summed E-state index contributed by atoms with van der Waals surface area (Å²) in [7, 11) is 0. The van der Waals surface area contributed by atoms with Gasteiger partial charge in [-0.15, -0.1) is 5.10 Å². The molecule has 1 aromatic heterocycles. The summed E-state index contributed by atoms with van der Waals surface area (Å²) in [5, 5.41) is 12.4. The highest BCUT2D eigenvalue weighted by molar-refractivity contribution is 7.99. The predicted octanol–water partition coefficient (Wildman–Crippen LogP) is 3.49.